The Morgan fingerprint density at radius 1 is 1.20 bits per heavy atom. The molecule has 6 heteroatoms. The summed E-state index contributed by atoms with van der Waals surface area (Å²) < 4.78 is 18.1. The Morgan fingerprint density at radius 3 is 2.52 bits per heavy atom. The zero-order valence-corrected chi connectivity index (χ0v) is 13.9. The number of benzene rings is 2. The molecule has 130 valence electrons. The standard InChI is InChI=1S/C19H19FN2O3/c1-25-17-8-2-14(3-9-17)19(24)21-11-13-10-18(23)22(12-13)16-6-4-15(20)5-7-16/h2-9,13H,10-12H2,1H3,(H,21,24)/t13-/m0/s1. The van der Waals surface area contributed by atoms with Crippen LogP contribution in [0, 0.1) is 11.7 Å². The van der Waals surface area contributed by atoms with Gasteiger partial charge in [-0.3, -0.25) is 9.59 Å². The van der Waals surface area contributed by atoms with Crippen molar-refractivity contribution in [3.8, 4) is 5.75 Å². The Labute approximate surface area is 145 Å². The highest BCUT2D eigenvalue weighted by Gasteiger charge is 2.30. The van der Waals surface area contributed by atoms with E-state index in [2.05, 4.69) is 5.32 Å². The number of halogens is 1. The van der Waals surface area contributed by atoms with Gasteiger partial charge in [-0.1, -0.05) is 0 Å². The summed E-state index contributed by atoms with van der Waals surface area (Å²) in [5.41, 5.74) is 1.22. The molecule has 5 nitrogen and oxygen atoms in total. The fourth-order valence-corrected chi connectivity index (χ4v) is 2.87. The minimum absolute atomic E-state index is 0.0182. The van der Waals surface area contributed by atoms with Gasteiger partial charge in [-0.2, -0.15) is 0 Å². The zero-order valence-electron chi connectivity index (χ0n) is 13.9. The minimum Gasteiger partial charge on any atom is -0.497 e. The first-order valence-corrected chi connectivity index (χ1v) is 8.05. The monoisotopic (exact) mass is 342 g/mol. The van der Waals surface area contributed by atoms with Crippen LogP contribution in [0.3, 0.4) is 0 Å². The van der Waals surface area contributed by atoms with Crippen molar-refractivity contribution in [3.05, 3.63) is 59.9 Å². The molecule has 0 aliphatic carbocycles. The van der Waals surface area contributed by atoms with Crippen LogP contribution in [-0.2, 0) is 4.79 Å². The number of rotatable bonds is 5. The van der Waals surface area contributed by atoms with Crippen LogP contribution in [0.5, 0.6) is 5.75 Å². The number of amides is 2. The van der Waals surface area contributed by atoms with Gasteiger partial charge in [0.2, 0.25) is 5.91 Å². The highest BCUT2D eigenvalue weighted by atomic mass is 19.1. The molecule has 0 spiro atoms. The molecule has 2 aromatic rings. The quantitative estimate of drug-likeness (QED) is 0.909. The summed E-state index contributed by atoms with van der Waals surface area (Å²) in [6.07, 6.45) is 0.361. The third-order valence-corrected chi connectivity index (χ3v) is 4.25. The first-order valence-electron chi connectivity index (χ1n) is 8.05. The van der Waals surface area contributed by atoms with E-state index in [0.29, 0.717) is 36.5 Å². The molecular weight excluding hydrogens is 323 g/mol. The third kappa shape index (κ3) is 3.96. The maximum absolute atomic E-state index is 13.0. The topological polar surface area (TPSA) is 58.6 Å². The van der Waals surface area contributed by atoms with Gasteiger partial charge in [-0.05, 0) is 48.5 Å². The van der Waals surface area contributed by atoms with Crippen LogP contribution in [0.1, 0.15) is 16.8 Å². The smallest absolute Gasteiger partial charge is 0.251 e. The lowest BCUT2D eigenvalue weighted by Gasteiger charge is -2.17. The van der Waals surface area contributed by atoms with Crippen molar-refractivity contribution in [3.63, 3.8) is 0 Å². The molecule has 1 N–H and O–H groups in total. The van der Waals surface area contributed by atoms with Gasteiger partial charge in [-0.15, -0.1) is 0 Å². The predicted octanol–water partition coefficient (Wildman–Crippen LogP) is 2.62. The molecule has 1 aliphatic heterocycles. The first kappa shape index (κ1) is 17.0. The number of anilines is 1. The van der Waals surface area contributed by atoms with E-state index in [1.54, 1.807) is 48.4 Å². The van der Waals surface area contributed by atoms with E-state index in [1.807, 2.05) is 0 Å². The second kappa shape index (κ2) is 7.34. The summed E-state index contributed by atoms with van der Waals surface area (Å²) in [4.78, 5) is 26.0. The molecule has 2 aromatic carbocycles. The number of carbonyl (C=O) groups excluding carboxylic acids is 2. The molecular formula is C19H19FN2O3. The van der Waals surface area contributed by atoms with Gasteiger partial charge in [0.1, 0.15) is 11.6 Å². The van der Waals surface area contributed by atoms with Crippen molar-refractivity contribution >= 4 is 17.5 Å². The summed E-state index contributed by atoms with van der Waals surface area (Å²) in [7, 11) is 1.57. The molecule has 0 bridgehead atoms. The molecule has 1 heterocycles. The fourth-order valence-electron chi connectivity index (χ4n) is 2.87. The molecule has 2 amide bonds. The first-order chi connectivity index (χ1) is 12.1. The van der Waals surface area contributed by atoms with E-state index >= 15 is 0 Å². The molecule has 0 aromatic heterocycles. The van der Waals surface area contributed by atoms with Crippen molar-refractivity contribution in [2.45, 2.75) is 6.42 Å². The molecule has 1 atom stereocenters. The van der Waals surface area contributed by atoms with Gasteiger partial charge in [-0.25, -0.2) is 4.39 Å². The summed E-state index contributed by atoms with van der Waals surface area (Å²) >= 11 is 0. The minimum atomic E-state index is -0.335. The average Bonchev–Trinajstić information content (AvgIpc) is 3.01. The van der Waals surface area contributed by atoms with Crippen LogP contribution in [0.2, 0.25) is 0 Å². The maximum atomic E-state index is 13.0. The number of methoxy groups -OCH3 is 1. The Balaban J connectivity index is 1.56. The molecule has 0 unspecified atom stereocenters. The van der Waals surface area contributed by atoms with E-state index in [9.17, 15) is 14.0 Å². The highest BCUT2D eigenvalue weighted by Crippen LogP contribution is 2.25. The molecule has 1 aliphatic rings. The second-order valence-corrected chi connectivity index (χ2v) is 5.99. The lowest BCUT2D eigenvalue weighted by Crippen LogP contribution is -2.31. The highest BCUT2D eigenvalue weighted by molar-refractivity contribution is 5.96. The van der Waals surface area contributed by atoms with Gasteiger partial charge in [0.25, 0.3) is 5.91 Å². The van der Waals surface area contributed by atoms with Crippen LogP contribution < -0.4 is 15.0 Å². The van der Waals surface area contributed by atoms with E-state index < -0.39 is 0 Å². The largest absolute Gasteiger partial charge is 0.497 e. The number of hydrogen-bond donors (Lipinski definition) is 1. The van der Waals surface area contributed by atoms with Gasteiger partial charge in [0, 0.05) is 36.7 Å². The van der Waals surface area contributed by atoms with Crippen LogP contribution in [0.4, 0.5) is 10.1 Å². The van der Waals surface area contributed by atoms with Crippen molar-refractivity contribution in [1.29, 1.82) is 0 Å². The average molecular weight is 342 g/mol. The Kier molecular flexibility index (Phi) is 4.97. The summed E-state index contributed by atoms with van der Waals surface area (Å²) in [6, 6.07) is 12.7. The number of nitrogens with zero attached hydrogens (tertiary/aromatic N) is 1. The van der Waals surface area contributed by atoms with Crippen LogP contribution in [-0.4, -0.2) is 32.0 Å². The Hall–Kier alpha value is -2.89. The normalized spacial score (nSPS) is 16.8. The summed E-state index contributed by atoms with van der Waals surface area (Å²) in [5, 5.41) is 2.86. The maximum Gasteiger partial charge on any atom is 0.251 e. The number of ether oxygens (including phenoxy) is 1. The van der Waals surface area contributed by atoms with Crippen LogP contribution >= 0.6 is 0 Å². The van der Waals surface area contributed by atoms with Crippen LogP contribution in [0.25, 0.3) is 0 Å². The fraction of sp³-hybridized carbons (Fsp3) is 0.263. The van der Waals surface area contributed by atoms with Crippen molar-refractivity contribution in [2.75, 3.05) is 25.1 Å². The third-order valence-electron chi connectivity index (χ3n) is 4.25. The molecule has 1 saturated heterocycles. The Morgan fingerprint density at radius 2 is 1.88 bits per heavy atom. The van der Waals surface area contributed by atoms with E-state index in [1.165, 1.54) is 12.1 Å². The lowest BCUT2D eigenvalue weighted by atomic mass is 10.1. The molecule has 0 saturated carbocycles. The molecule has 0 radical (unpaired) electrons. The van der Waals surface area contributed by atoms with Crippen molar-refractivity contribution in [1.82, 2.24) is 5.32 Å². The summed E-state index contributed by atoms with van der Waals surface area (Å²) in [5.74, 6) is 0.178. The van der Waals surface area contributed by atoms with E-state index in [4.69, 9.17) is 4.74 Å². The molecule has 1 fully saturated rings. The van der Waals surface area contributed by atoms with Crippen LogP contribution in [0.15, 0.2) is 48.5 Å². The molecule has 25 heavy (non-hydrogen) atoms. The van der Waals surface area contributed by atoms with Crippen molar-refractivity contribution < 1.29 is 18.7 Å². The lowest BCUT2D eigenvalue weighted by molar-refractivity contribution is -0.117. The van der Waals surface area contributed by atoms with E-state index in [0.717, 1.165) is 0 Å². The number of hydrogen-bond acceptors (Lipinski definition) is 3. The molecule has 3 rings (SSSR count). The second-order valence-electron chi connectivity index (χ2n) is 5.99. The number of carbonyl (C=O) groups is 2. The van der Waals surface area contributed by atoms with Gasteiger partial charge in [0.05, 0.1) is 7.11 Å². The Bertz CT molecular complexity index is 759. The predicted molar refractivity (Wildman–Crippen MR) is 92.2 cm³/mol. The summed E-state index contributed by atoms with van der Waals surface area (Å²) in [6.45, 7) is 0.918. The van der Waals surface area contributed by atoms with Gasteiger partial charge in [0.15, 0.2) is 0 Å². The van der Waals surface area contributed by atoms with Gasteiger partial charge < -0.3 is 15.0 Å². The van der Waals surface area contributed by atoms with E-state index in [-0.39, 0.29) is 23.5 Å². The SMILES string of the molecule is COc1ccc(C(=O)NC[C@@H]2CC(=O)N(c3ccc(F)cc3)C2)cc1. The zero-order chi connectivity index (χ0) is 17.8. The van der Waals surface area contributed by atoms with Gasteiger partial charge >= 0.3 is 0 Å². The number of nitrogens with one attached hydrogen (secondary N) is 1. The van der Waals surface area contributed by atoms with Crippen molar-refractivity contribution in [2.24, 2.45) is 5.92 Å².